The van der Waals surface area contributed by atoms with Gasteiger partial charge in [-0.05, 0) is 24.0 Å². The van der Waals surface area contributed by atoms with E-state index < -0.39 is 0 Å². The first-order valence-corrected chi connectivity index (χ1v) is 11.8. The van der Waals surface area contributed by atoms with Gasteiger partial charge < -0.3 is 20.6 Å². The molecule has 0 bridgehead atoms. The number of hydrogen-bond acceptors (Lipinski definition) is 8. The van der Waals surface area contributed by atoms with Crippen LogP contribution in [0, 0.1) is 0 Å². The monoisotopic (exact) mass is 474 g/mol. The number of anilines is 2. The molecule has 0 atom stereocenters. The third-order valence-corrected chi connectivity index (χ3v) is 6.85. The maximum atomic E-state index is 5.86. The number of aromatic nitrogens is 8. The van der Waals surface area contributed by atoms with Crippen molar-refractivity contribution in [2.24, 2.45) is 0 Å². The zero-order valence-electron chi connectivity index (χ0n) is 19.3. The molecule has 0 amide bonds. The van der Waals surface area contributed by atoms with Crippen molar-refractivity contribution in [1.82, 2.24) is 39.0 Å². The van der Waals surface area contributed by atoms with Crippen LogP contribution in [-0.2, 0) is 25.9 Å². The van der Waals surface area contributed by atoms with Gasteiger partial charge in [-0.2, -0.15) is 0 Å². The van der Waals surface area contributed by atoms with Crippen LogP contribution in [0.1, 0.15) is 11.1 Å². The molecule has 10 nitrogen and oxygen atoms in total. The Hall–Kier alpha value is -4.86. The van der Waals surface area contributed by atoms with Crippen molar-refractivity contribution >= 4 is 34.0 Å². The van der Waals surface area contributed by atoms with Crippen molar-refractivity contribution in [3.05, 3.63) is 72.3 Å². The predicted octanol–water partition coefficient (Wildman–Crippen LogP) is 3.26. The Morgan fingerprint density at radius 3 is 1.50 bits per heavy atom. The van der Waals surface area contributed by atoms with Crippen LogP contribution in [0.2, 0.25) is 0 Å². The Labute approximate surface area is 205 Å². The molecule has 0 aliphatic carbocycles. The molecule has 0 fully saturated rings. The predicted molar refractivity (Wildman–Crippen MR) is 138 cm³/mol. The van der Waals surface area contributed by atoms with E-state index in [4.69, 9.17) is 11.5 Å². The quantitative estimate of drug-likeness (QED) is 0.342. The van der Waals surface area contributed by atoms with Gasteiger partial charge in [0.15, 0.2) is 34.0 Å². The first kappa shape index (κ1) is 20.5. The summed E-state index contributed by atoms with van der Waals surface area (Å²) in [6.07, 6.45) is 4.98. The molecule has 6 aromatic rings. The third-order valence-electron chi connectivity index (χ3n) is 6.85. The van der Waals surface area contributed by atoms with E-state index in [1.807, 2.05) is 12.1 Å². The van der Waals surface area contributed by atoms with Crippen molar-refractivity contribution in [3.63, 3.8) is 0 Å². The molecule has 176 valence electrons. The molecule has 4 N–H and O–H groups in total. The highest BCUT2D eigenvalue weighted by Gasteiger charge is 2.22. The van der Waals surface area contributed by atoms with Gasteiger partial charge in [-0.3, -0.25) is 0 Å². The van der Waals surface area contributed by atoms with E-state index in [2.05, 4.69) is 75.4 Å². The van der Waals surface area contributed by atoms with Crippen LogP contribution < -0.4 is 11.5 Å². The van der Waals surface area contributed by atoms with Crippen LogP contribution in [0.15, 0.2) is 61.2 Å². The van der Waals surface area contributed by atoms with E-state index in [-0.39, 0.29) is 0 Å². The number of nitrogen functional groups attached to an aromatic ring is 2. The molecular weight excluding hydrogens is 452 g/mol. The number of benzene rings is 2. The first-order chi connectivity index (χ1) is 17.7. The zero-order chi connectivity index (χ0) is 24.2. The highest BCUT2D eigenvalue weighted by atomic mass is 15.2. The fourth-order valence-corrected chi connectivity index (χ4v) is 5.12. The van der Waals surface area contributed by atoms with Crippen molar-refractivity contribution < 1.29 is 0 Å². The zero-order valence-corrected chi connectivity index (χ0v) is 19.3. The maximum Gasteiger partial charge on any atom is 0.165 e. The summed E-state index contributed by atoms with van der Waals surface area (Å²) in [5.74, 6) is 2.77. The van der Waals surface area contributed by atoms with E-state index in [1.165, 1.54) is 34.9 Å². The summed E-state index contributed by atoms with van der Waals surface area (Å²) >= 11 is 0. The average molecular weight is 475 g/mol. The van der Waals surface area contributed by atoms with E-state index in [0.717, 1.165) is 48.9 Å². The molecule has 10 heteroatoms. The summed E-state index contributed by atoms with van der Waals surface area (Å²) in [6.45, 7) is 1.78. The maximum absolute atomic E-state index is 5.86. The highest BCUT2D eigenvalue weighted by molar-refractivity contribution is 5.87. The van der Waals surface area contributed by atoms with E-state index in [0.29, 0.717) is 22.7 Å². The van der Waals surface area contributed by atoms with Gasteiger partial charge in [0.05, 0.1) is 0 Å². The first-order valence-electron chi connectivity index (χ1n) is 11.8. The number of nitrogens with two attached hydrogens (primary N) is 2. The molecule has 4 aromatic heterocycles. The lowest BCUT2D eigenvalue weighted by Gasteiger charge is -2.17. The van der Waals surface area contributed by atoms with Gasteiger partial charge in [-0.1, -0.05) is 48.5 Å². The number of fused-ring (bicyclic) bond motifs is 10. The van der Waals surface area contributed by atoms with E-state index in [1.54, 1.807) is 0 Å². The van der Waals surface area contributed by atoms with Crippen LogP contribution in [0.25, 0.3) is 45.1 Å². The van der Waals surface area contributed by atoms with Crippen LogP contribution in [0.5, 0.6) is 0 Å². The second-order valence-electron chi connectivity index (χ2n) is 8.85. The van der Waals surface area contributed by atoms with Crippen molar-refractivity contribution in [1.29, 1.82) is 0 Å². The lowest BCUT2D eigenvalue weighted by Crippen LogP contribution is -2.11. The van der Waals surface area contributed by atoms with Crippen LogP contribution in [-0.4, -0.2) is 39.0 Å². The summed E-state index contributed by atoms with van der Waals surface area (Å²) in [5, 5.41) is 0. The minimum atomic E-state index is 0.444. The summed E-state index contributed by atoms with van der Waals surface area (Å²) < 4.78 is 4.24. The lowest BCUT2D eigenvalue weighted by atomic mass is 10.0. The molecule has 0 saturated heterocycles. The van der Waals surface area contributed by atoms with Gasteiger partial charge in [0.1, 0.15) is 24.3 Å². The number of rotatable bonds is 0. The molecule has 8 rings (SSSR count). The largest absolute Gasteiger partial charge is 0.382 e. The van der Waals surface area contributed by atoms with Crippen LogP contribution in [0.4, 0.5) is 11.6 Å². The number of imidazole rings is 2. The Balaban J connectivity index is 0.000000122. The van der Waals surface area contributed by atoms with Gasteiger partial charge in [0.2, 0.25) is 0 Å². The SMILES string of the molecule is Nc1ncnc2c1nc1n2CCc2ccccc2-1.Nc1ncnc2c1nc1n2CCc2ccccc2-1. The Kier molecular flexibility index (Phi) is 4.47. The van der Waals surface area contributed by atoms with E-state index >= 15 is 0 Å². The normalized spacial score (nSPS) is 13.3. The smallest absolute Gasteiger partial charge is 0.165 e. The van der Waals surface area contributed by atoms with Gasteiger partial charge in [-0.25, -0.2) is 29.9 Å². The number of nitrogens with zero attached hydrogens (tertiary/aromatic N) is 8. The topological polar surface area (TPSA) is 139 Å². The van der Waals surface area contributed by atoms with Crippen molar-refractivity contribution in [2.75, 3.05) is 11.5 Å². The van der Waals surface area contributed by atoms with Gasteiger partial charge in [-0.15, -0.1) is 0 Å². The fraction of sp³-hybridized carbons (Fsp3) is 0.154. The third kappa shape index (κ3) is 3.04. The molecular formula is C26H22N10. The van der Waals surface area contributed by atoms with Crippen molar-refractivity contribution in [3.8, 4) is 22.8 Å². The lowest BCUT2D eigenvalue weighted by molar-refractivity contribution is 0.696. The number of hydrogen-bond donors (Lipinski definition) is 2. The van der Waals surface area contributed by atoms with Gasteiger partial charge in [0, 0.05) is 24.2 Å². The second kappa shape index (κ2) is 7.84. The molecule has 0 unspecified atom stereocenters. The summed E-state index contributed by atoms with van der Waals surface area (Å²) in [7, 11) is 0. The Bertz CT molecular complexity index is 1650. The molecule has 2 aromatic carbocycles. The minimum Gasteiger partial charge on any atom is -0.382 e. The summed E-state index contributed by atoms with van der Waals surface area (Å²) in [4.78, 5) is 25.8. The minimum absolute atomic E-state index is 0.444. The molecule has 36 heavy (non-hydrogen) atoms. The Morgan fingerprint density at radius 2 is 1.03 bits per heavy atom. The van der Waals surface area contributed by atoms with Gasteiger partial charge >= 0.3 is 0 Å². The molecule has 0 radical (unpaired) electrons. The highest BCUT2D eigenvalue weighted by Crippen LogP contribution is 2.33. The molecule has 2 aliphatic heterocycles. The molecule has 0 saturated carbocycles. The van der Waals surface area contributed by atoms with E-state index in [9.17, 15) is 0 Å². The molecule has 0 spiro atoms. The second-order valence-corrected chi connectivity index (χ2v) is 8.85. The summed E-state index contributed by atoms with van der Waals surface area (Å²) in [6, 6.07) is 16.7. The summed E-state index contributed by atoms with van der Waals surface area (Å²) in [5.41, 5.74) is 19.8. The number of aryl methyl sites for hydroxylation is 4. The fourth-order valence-electron chi connectivity index (χ4n) is 5.12. The molecule has 6 heterocycles. The van der Waals surface area contributed by atoms with Crippen LogP contribution in [0.3, 0.4) is 0 Å². The average Bonchev–Trinajstić information content (AvgIpc) is 3.50. The van der Waals surface area contributed by atoms with Gasteiger partial charge in [0.25, 0.3) is 0 Å². The van der Waals surface area contributed by atoms with Crippen molar-refractivity contribution in [2.45, 2.75) is 25.9 Å². The van der Waals surface area contributed by atoms with Crippen LogP contribution >= 0.6 is 0 Å². The molecule has 2 aliphatic rings. The Morgan fingerprint density at radius 1 is 0.583 bits per heavy atom. The standard InChI is InChI=1S/2C13H11N5/c2*14-11-10-13(16-7-15-11)18-6-5-8-3-1-2-4-9(8)12(18)17-10/h2*1-4,7H,5-6H2,(H2,14,15,16).